The molecule has 5 nitrogen and oxygen atoms in total. The molecule has 1 unspecified atom stereocenters. The van der Waals surface area contributed by atoms with Crippen molar-refractivity contribution in [2.45, 2.75) is 6.10 Å². The number of hydrogen-bond donors (Lipinski definition) is 2. The van der Waals surface area contributed by atoms with Gasteiger partial charge in [0.1, 0.15) is 6.10 Å². The predicted molar refractivity (Wildman–Crippen MR) is 36.2 cm³/mol. The third-order valence-corrected chi connectivity index (χ3v) is 1.55. The number of halogens is 1. The summed E-state index contributed by atoms with van der Waals surface area (Å²) in [5, 5.41) is 0. The molecule has 7 heteroatoms. The summed E-state index contributed by atoms with van der Waals surface area (Å²) in [6.07, 6.45) is -0.850. The van der Waals surface area contributed by atoms with Crippen LogP contribution < -0.4 is 5.73 Å². The summed E-state index contributed by atoms with van der Waals surface area (Å²) in [6.45, 7) is -0.0523. The second kappa shape index (κ2) is 4.09. The van der Waals surface area contributed by atoms with Crippen molar-refractivity contribution in [2.75, 3.05) is 12.4 Å². The Morgan fingerprint density at radius 1 is 1.70 bits per heavy atom. The van der Waals surface area contributed by atoms with Gasteiger partial charge in [-0.3, -0.25) is 4.55 Å². The van der Waals surface area contributed by atoms with Gasteiger partial charge in [-0.2, -0.15) is 8.42 Å². The minimum absolute atomic E-state index is 0.0523. The van der Waals surface area contributed by atoms with Crippen molar-refractivity contribution < 1.29 is 17.2 Å². The van der Waals surface area contributed by atoms with E-state index in [1.54, 1.807) is 0 Å². The highest BCUT2D eigenvalue weighted by Gasteiger charge is 2.13. The largest absolute Gasteiger partial charge is 0.397 e. The van der Waals surface area contributed by atoms with Crippen molar-refractivity contribution in [3.05, 3.63) is 0 Å². The second-order valence-electron chi connectivity index (χ2n) is 1.54. The predicted octanol–water partition coefficient (Wildman–Crippen LogP) is -0.628. The molecule has 0 fully saturated rings. The van der Waals surface area contributed by atoms with Crippen LogP contribution in [0.1, 0.15) is 0 Å². The quantitative estimate of drug-likeness (QED) is 0.454. The van der Waals surface area contributed by atoms with Crippen LogP contribution in [0.15, 0.2) is 0 Å². The minimum atomic E-state index is -4.41. The summed E-state index contributed by atoms with van der Waals surface area (Å²) < 4.78 is 32.1. The fourth-order valence-electron chi connectivity index (χ4n) is 0.300. The van der Waals surface area contributed by atoms with Crippen LogP contribution in [0.5, 0.6) is 0 Å². The molecule has 62 valence electrons. The average Bonchev–Trinajstić information content (AvgIpc) is 1.81. The normalized spacial score (nSPS) is 15.1. The Morgan fingerprint density at radius 3 is 2.30 bits per heavy atom. The van der Waals surface area contributed by atoms with Crippen LogP contribution >= 0.6 is 11.6 Å². The molecule has 0 heterocycles. The molecule has 0 aromatic carbocycles. The maximum Gasteiger partial charge on any atom is 0.397 e. The summed E-state index contributed by atoms with van der Waals surface area (Å²) in [7, 11) is -4.41. The zero-order valence-corrected chi connectivity index (χ0v) is 6.60. The third-order valence-electron chi connectivity index (χ3n) is 0.693. The first kappa shape index (κ1) is 10.1. The molecule has 0 saturated heterocycles. The molecule has 0 saturated carbocycles. The zero-order chi connectivity index (χ0) is 8.20. The van der Waals surface area contributed by atoms with Gasteiger partial charge in [0.05, 0.1) is 5.88 Å². The van der Waals surface area contributed by atoms with Crippen LogP contribution in [0.25, 0.3) is 0 Å². The molecule has 0 aromatic heterocycles. The lowest BCUT2D eigenvalue weighted by atomic mass is 10.4. The average molecular weight is 190 g/mol. The van der Waals surface area contributed by atoms with Crippen molar-refractivity contribution >= 4 is 22.0 Å². The molecule has 0 rings (SSSR count). The van der Waals surface area contributed by atoms with E-state index in [0.717, 1.165) is 0 Å². The Hall–Kier alpha value is 0.120. The number of alkyl halides is 1. The Labute approximate surface area is 64.1 Å². The van der Waals surface area contributed by atoms with Gasteiger partial charge in [-0.15, -0.1) is 11.6 Å². The first-order chi connectivity index (χ1) is 4.49. The lowest BCUT2D eigenvalue weighted by molar-refractivity contribution is 0.206. The topological polar surface area (TPSA) is 89.6 Å². The van der Waals surface area contributed by atoms with Crippen molar-refractivity contribution in [2.24, 2.45) is 5.73 Å². The molecule has 10 heavy (non-hydrogen) atoms. The van der Waals surface area contributed by atoms with Gasteiger partial charge in [-0.1, -0.05) is 0 Å². The van der Waals surface area contributed by atoms with Crippen LogP contribution in [0.3, 0.4) is 0 Å². The Kier molecular flexibility index (Phi) is 4.14. The number of rotatable bonds is 4. The smallest absolute Gasteiger partial charge is 0.328 e. The molecule has 0 aliphatic carbocycles. The van der Waals surface area contributed by atoms with Gasteiger partial charge >= 0.3 is 10.4 Å². The van der Waals surface area contributed by atoms with Gasteiger partial charge in [0.2, 0.25) is 0 Å². The molecule has 0 aliphatic heterocycles. The van der Waals surface area contributed by atoms with E-state index >= 15 is 0 Å². The lowest BCUT2D eigenvalue weighted by Crippen LogP contribution is -2.27. The highest BCUT2D eigenvalue weighted by atomic mass is 35.5. The summed E-state index contributed by atoms with van der Waals surface area (Å²) in [6, 6.07) is 0. The van der Waals surface area contributed by atoms with Gasteiger partial charge in [0.25, 0.3) is 0 Å². The molecular formula is C3H8ClNO4S. The molecule has 3 N–H and O–H groups in total. The molecule has 0 amide bonds. The van der Waals surface area contributed by atoms with E-state index in [1.807, 2.05) is 0 Å². The van der Waals surface area contributed by atoms with Gasteiger partial charge < -0.3 is 5.73 Å². The summed E-state index contributed by atoms with van der Waals surface area (Å²) in [5.41, 5.74) is 5.01. The SMILES string of the molecule is NCC(CCl)OS(=O)(=O)O. The van der Waals surface area contributed by atoms with E-state index in [4.69, 9.17) is 21.9 Å². The standard InChI is InChI=1S/C3H8ClNO4S/c4-1-3(2-5)9-10(6,7)8/h3H,1-2,5H2,(H,6,7,8). The van der Waals surface area contributed by atoms with Crippen molar-refractivity contribution in [1.29, 1.82) is 0 Å². The van der Waals surface area contributed by atoms with E-state index in [1.165, 1.54) is 0 Å². The highest BCUT2D eigenvalue weighted by Crippen LogP contribution is 1.97. The molecule has 0 spiro atoms. The van der Waals surface area contributed by atoms with Crippen LogP contribution in [0.4, 0.5) is 0 Å². The highest BCUT2D eigenvalue weighted by molar-refractivity contribution is 7.80. The van der Waals surface area contributed by atoms with Gasteiger partial charge in [-0.25, -0.2) is 4.18 Å². The molecular weight excluding hydrogens is 182 g/mol. The third kappa shape index (κ3) is 4.95. The van der Waals surface area contributed by atoms with Crippen molar-refractivity contribution in [3.8, 4) is 0 Å². The Morgan fingerprint density at radius 2 is 2.20 bits per heavy atom. The fraction of sp³-hybridized carbons (Fsp3) is 1.00. The van der Waals surface area contributed by atoms with E-state index < -0.39 is 16.5 Å². The number of nitrogens with two attached hydrogens (primary N) is 1. The molecule has 0 bridgehead atoms. The lowest BCUT2D eigenvalue weighted by Gasteiger charge is -2.07. The summed E-state index contributed by atoms with van der Waals surface area (Å²) in [5.74, 6) is -0.0731. The summed E-state index contributed by atoms with van der Waals surface area (Å²) in [4.78, 5) is 0. The number of hydrogen-bond acceptors (Lipinski definition) is 4. The Bertz CT molecular complexity index is 175. The molecule has 0 aromatic rings. The van der Waals surface area contributed by atoms with E-state index in [2.05, 4.69) is 4.18 Å². The maximum atomic E-state index is 9.98. The monoisotopic (exact) mass is 189 g/mol. The van der Waals surface area contributed by atoms with Gasteiger partial charge in [-0.05, 0) is 0 Å². The second-order valence-corrected chi connectivity index (χ2v) is 2.89. The van der Waals surface area contributed by atoms with Crippen LogP contribution in [-0.4, -0.2) is 31.5 Å². The van der Waals surface area contributed by atoms with Gasteiger partial charge in [0, 0.05) is 6.54 Å². The zero-order valence-electron chi connectivity index (χ0n) is 5.03. The first-order valence-corrected chi connectivity index (χ1v) is 4.31. The van der Waals surface area contributed by atoms with Crippen molar-refractivity contribution in [1.82, 2.24) is 0 Å². The molecule has 0 radical (unpaired) electrons. The molecule has 0 aliphatic rings. The fourth-order valence-corrected chi connectivity index (χ4v) is 1.05. The van der Waals surface area contributed by atoms with Crippen molar-refractivity contribution in [3.63, 3.8) is 0 Å². The Balaban J connectivity index is 3.87. The van der Waals surface area contributed by atoms with Crippen LogP contribution in [0.2, 0.25) is 0 Å². The molecule has 1 atom stereocenters. The summed E-state index contributed by atoms with van der Waals surface area (Å²) >= 11 is 5.19. The van der Waals surface area contributed by atoms with E-state index in [9.17, 15) is 8.42 Å². The van der Waals surface area contributed by atoms with E-state index in [-0.39, 0.29) is 12.4 Å². The van der Waals surface area contributed by atoms with Crippen LogP contribution in [-0.2, 0) is 14.6 Å². The minimum Gasteiger partial charge on any atom is -0.328 e. The van der Waals surface area contributed by atoms with Crippen LogP contribution in [0, 0.1) is 0 Å². The van der Waals surface area contributed by atoms with E-state index in [0.29, 0.717) is 0 Å². The maximum absolute atomic E-state index is 9.98. The van der Waals surface area contributed by atoms with Gasteiger partial charge in [0.15, 0.2) is 0 Å². The first-order valence-electron chi connectivity index (χ1n) is 2.41.